The van der Waals surface area contributed by atoms with Crippen LogP contribution < -0.4 is 0 Å². The smallest absolute Gasteiger partial charge is 0.242 e. The maximum absolute atomic E-state index is 13.2. The van der Waals surface area contributed by atoms with Crippen molar-refractivity contribution < 1.29 is 9.90 Å². The Balaban J connectivity index is 1.48. The van der Waals surface area contributed by atoms with Crippen molar-refractivity contribution in [3.63, 3.8) is 0 Å². The first-order valence-electron chi connectivity index (χ1n) is 9.91. The van der Waals surface area contributed by atoms with Crippen molar-refractivity contribution in [2.24, 2.45) is 0 Å². The van der Waals surface area contributed by atoms with Crippen molar-refractivity contribution in [2.45, 2.75) is 19.5 Å². The van der Waals surface area contributed by atoms with Crippen LogP contribution >= 0.6 is 0 Å². The van der Waals surface area contributed by atoms with Gasteiger partial charge in [0.15, 0.2) is 0 Å². The highest BCUT2D eigenvalue weighted by Gasteiger charge is 2.22. The van der Waals surface area contributed by atoms with E-state index >= 15 is 0 Å². The third-order valence-electron chi connectivity index (χ3n) is 5.73. The molecule has 1 aliphatic rings. The van der Waals surface area contributed by atoms with Gasteiger partial charge in [0.25, 0.3) is 0 Å². The fraction of sp³-hybridized carbons (Fsp3) is 0.160. The molecule has 3 aromatic carbocycles. The number of phenols is 1. The number of amides is 1. The van der Waals surface area contributed by atoms with Gasteiger partial charge in [0.05, 0.1) is 0 Å². The maximum atomic E-state index is 13.2. The van der Waals surface area contributed by atoms with E-state index < -0.39 is 0 Å². The van der Waals surface area contributed by atoms with Crippen molar-refractivity contribution in [3.8, 4) is 17.0 Å². The molecule has 0 unspecified atom stereocenters. The van der Waals surface area contributed by atoms with Crippen LogP contribution in [-0.2, 0) is 24.3 Å². The van der Waals surface area contributed by atoms with E-state index in [-0.39, 0.29) is 11.7 Å². The molecule has 5 rings (SSSR count). The number of fused-ring (bicyclic) bond motifs is 2. The molecule has 0 aliphatic carbocycles. The Morgan fingerprint density at radius 2 is 1.69 bits per heavy atom. The van der Waals surface area contributed by atoms with Crippen LogP contribution in [0.1, 0.15) is 11.1 Å². The zero-order valence-electron chi connectivity index (χ0n) is 16.1. The number of aromatic nitrogens is 1. The van der Waals surface area contributed by atoms with Gasteiger partial charge in [0.1, 0.15) is 12.3 Å². The summed E-state index contributed by atoms with van der Waals surface area (Å²) >= 11 is 0. The standard InChI is InChI=1S/C25H22N2O2/c28-22-11-10-18-12-13-26(16-21(18)14-22)25(29)17-27-23-9-5-4-8-20(23)15-24(27)19-6-2-1-3-7-19/h1-11,14-15,28H,12-13,16-17H2. The fourth-order valence-corrected chi connectivity index (χ4v) is 4.22. The Morgan fingerprint density at radius 1 is 0.897 bits per heavy atom. The minimum Gasteiger partial charge on any atom is -0.508 e. The van der Waals surface area contributed by atoms with E-state index in [4.69, 9.17) is 0 Å². The van der Waals surface area contributed by atoms with Gasteiger partial charge in [-0.25, -0.2) is 0 Å². The fourth-order valence-electron chi connectivity index (χ4n) is 4.22. The Bertz CT molecular complexity index is 1190. The second kappa shape index (κ2) is 7.13. The molecule has 1 aromatic heterocycles. The summed E-state index contributed by atoms with van der Waals surface area (Å²) in [4.78, 5) is 15.1. The van der Waals surface area contributed by atoms with Crippen LogP contribution in [0.2, 0.25) is 0 Å². The highest BCUT2D eigenvalue weighted by molar-refractivity contribution is 5.89. The van der Waals surface area contributed by atoms with E-state index in [1.54, 1.807) is 12.1 Å². The number of phenolic OH excluding ortho intramolecular Hbond substituents is 1. The van der Waals surface area contributed by atoms with Crippen molar-refractivity contribution in [3.05, 3.63) is 90.0 Å². The molecule has 0 saturated carbocycles. The number of aromatic hydroxyl groups is 1. The summed E-state index contributed by atoms with van der Waals surface area (Å²) in [5.41, 5.74) is 5.46. The molecule has 2 heterocycles. The van der Waals surface area contributed by atoms with Gasteiger partial charge in [-0.2, -0.15) is 0 Å². The van der Waals surface area contributed by atoms with E-state index in [0.29, 0.717) is 19.6 Å². The first-order valence-corrected chi connectivity index (χ1v) is 9.91. The molecular formula is C25H22N2O2. The van der Waals surface area contributed by atoms with E-state index in [0.717, 1.165) is 34.1 Å². The van der Waals surface area contributed by atoms with Crippen LogP contribution in [0.4, 0.5) is 0 Å². The van der Waals surface area contributed by atoms with Gasteiger partial charge in [0, 0.05) is 29.7 Å². The average Bonchev–Trinajstić information content (AvgIpc) is 3.12. The minimum absolute atomic E-state index is 0.0949. The number of nitrogens with zero attached hydrogens (tertiary/aromatic N) is 2. The number of carbonyl (C=O) groups excluding carboxylic acids is 1. The molecule has 0 fully saturated rings. The molecule has 1 amide bonds. The van der Waals surface area contributed by atoms with Gasteiger partial charge in [-0.15, -0.1) is 0 Å². The Morgan fingerprint density at radius 3 is 2.55 bits per heavy atom. The molecule has 4 aromatic rings. The molecule has 29 heavy (non-hydrogen) atoms. The van der Waals surface area contributed by atoms with Crippen molar-refractivity contribution in [1.82, 2.24) is 9.47 Å². The molecule has 0 saturated heterocycles. The first-order chi connectivity index (χ1) is 14.2. The van der Waals surface area contributed by atoms with E-state index in [2.05, 4.69) is 34.9 Å². The van der Waals surface area contributed by atoms with Gasteiger partial charge in [0.2, 0.25) is 5.91 Å². The maximum Gasteiger partial charge on any atom is 0.242 e. The quantitative estimate of drug-likeness (QED) is 0.563. The third-order valence-corrected chi connectivity index (χ3v) is 5.73. The lowest BCUT2D eigenvalue weighted by atomic mass is 9.99. The highest BCUT2D eigenvalue weighted by Crippen LogP contribution is 2.29. The molecule has 1 aliphatic heterocycles. The van der Waals surface area contributed by atoms with Crippen LogP contribution in [0, 0.1) is 0 Å². The monoisotopic (exact) mass is 382 g/mol. The minimum atomic E-state index is 0.0949. The van der Waals surface area contributed by atoms with Gasteiger partial charge in [-0.05, 0) is 47.4 Å². The molecule has 0 radical (unpaired) electrons. The number of hydrogen-bond acceptors (Lipinski definition) is 2. The van der Waals surface area contributed by atoms with Crippen LogP contribution in [0.15, 0.2) is 78.9 Å². The summed E-state index contributed by atoms with van der Waals surface area (Å²) in [6.07, 6.45) is 0.819. The largest absolute Gasteiger partial charge is 0.508 e. The molecule has 0 spiro atoms. The van der Waals surface area contributed by atoms with Gasteiger partial charge >= 0.3 is 0 Å². The molecule has 144 valence electrons. The van der Waals surface area contributed by atoms with Crippen molar-refractivity contribution in [1.29, 1.82) is 0 Å². The number of hydrogen-bond donors (Lipinski definition) is 1. The molecule has 0 atom stereocenters. The Labute approximate surface area is 169 Å². The SMILES string of the molecule is O=C(Cn1c(-c2ccccc2)cc2ccccc21)N1CCc2ccc(O)cc2C1. The summed E-state index contributed by atoms with van der Waals surface area (Å²) in [5.74, 6) is 0.346. The van der Waals surface area contributed by atoms with Crippen molar-refractivity contribution in [2.75, 3.05) is 6.54 Å². The summed E-state index contributed by atoms with van der Waals surface area (Å²) in [5, 5.41) is 10.9. The number of benzene rings is 3. The van der Waals surface area contributed by atoms with Crippen LogP contribution in [0.5, 0.6) is 5.75 Å². The molecule has 0 bridgehead atoms. The summed E-state index contributed by atoms with van der Waals surface area (Å²) < 4.78 is 2.12. The predicted octanol–water partition coefficient (Wildman–Crippen LogP) is 4.60. The zero-order valence-corrected chi connectivity index (χ0v) is 16.1. The number of para-hydroxylation sites is 1. The van der Waals surface area contributed by atoms with Gasteiger partial charge in [-0.1, -0.05) is 54.6 Å². The van der Waals surface area contributed by atoms with Crippen LogP contribution in [0.3, 0.4) is 0 Å². The topological polar surface area (TPSA) is 45.5 Å². The van der Waals surface area contributed by atoms with E-state index in [1.165, 1.54) is 5.56 Å². The van der Waals surface area contributed by atoms with Crippen LogP contribution in [0.25, 0.3) is 22.2 Å². The molecule has 4 heteroatoms. The predicted molar refractivity (Wildman–Crippen MR) is 115 cm³/mol. The lowest BCUT2D eigenvalue weighted by Crippen LogP contribution is -2.38. The van der Waals surface area contributed by atoms with E-state index in [9.17, 15) is 9.90 Å². The second-order valence-corrected chi connectivity index (χ2v) is 7.56. The van der Waals surface area contributed by atoms with E-state index in [1.807, 2.05) is 41.3 Å². The summed E-state index contributed by atoms with van der Waals surface area (Å²) in [6.45, 7) is 1.55. The van der Waals surface area contributed by atoms with Gasteiger partial charge < -0.3 is 14.6 Å². The second-order valence-electron chi connectivity index (χ2n) is 7.56. The molecular weight excluding hydrogens is 360 g/mol. The third kappa shape index (κ3) is 3.27. The summed E-state index contributed by atoms with van der Waals surface area (Å²) in [7, 11) is 0. The normalized spacial score (nSPS) is 13.4. The molecule has 1 N–H and O–H groups in total. The number of rotatable bonds is 3. The van der Waals surface area contributed by atoms with Crippen molar-refractivity contribution >= 4 is 16.8 Å². The lowest BCUT2D eigenvalue weighted by Gasteiger charge is -2.29. The average molecular weight is 382 g/mol. The molecule has 4 nitrogen and oxygen atoms in total. The zero-order chi connectivity index (χ0) is 19.8. The lowest BCUT2D eigenvalue weighted by molar-refractivity contribution is -0.132. The first kappa shape index (κ1) is 17.6. The Hall–Kier alpha value is -3.53. The van der Waals surface area contributed by atoms with Gasteiger partial charge in [-0.3, -0.25) is 4.79 Å². The summed E-state index contributed by atoms with van der Waals surface area (Å²) in [6, 6.07) is 26.0. The van der Waals surface area contributed by atoms with Crippen LogP contribution in [-0.4, -0.2) is 27.0 Å². The number of carbonyl (C=O) groups is 1. The highest BCUT2D eigenvalue weighted by atomic mass is 16.3. The Kier molecular flexibility index (Phi) is 4.32.